The smallest absolute Gasteiger partial charge is 0.119 e. The van der Waals surface area contributed by atoms with Crippen molar-refractivity contribution in [3.05, 3.63) is 83.9 Å². The summed E-state index contributed by atoms with van der Waals surface area (Å²) in [6, 6.07) is 26.4. The molecule has 1 atom stereocenters. The summed E-state index contributed by atoms with van der Waals surface area (Å²) >= 11 is 0. The maximum absolute atomic E-state index is 6.17. The zero-order chi connectivity index (χ0) is 24.6. The van der Waals surface area contributed by atoms with E-state index in [1.165, 1.54) is 42.5 Å². The molecule has 0 saturated heterocycles. The van der Waals surface area contributed by atoms with E-state index >= 15 is 0 Å². The summed E-state index contributed by atoms with van der Waals surface area (Å²) < 4.78 is 6.17. The highest BCUT2D eigenvalue weighted by Gasteiger charge is 2.17. The third-order valence-electron chi connectivity index (χ3n) is 6.72. The largest absolute Gasteiger partial charge is 0.493 e. The van der Waals surface area contributed by atoms with Gasteiger partial charge in [-0.25, -0.2) is 0 Å². The minimum atomic E-state index is 0.137. The first-order chi connectivity index (χ1) is 16.4. The van der Waals surface area contributed by atoms with Crippen LogP contribution in [0.1, 0.15) is 78.4 Å². The highest BCUT2D eigenvalue weighted by Crippen LogP contribution is 2.36. The van der Waals surface area contributed by atoms with Gasteiger partial charge in [-0.2, -0.15) is 0 Å². The Kier molecular flexibility index (Phi) is 9.21. The molecular weight excluding hydrogens is 414 g/mol. The summed E-state index contributed by atoms with van der Waals surface area (Å²) in [7, 11) is 0. The van der Waals surface area contributed by atoms with Crippen LogP contribution in [0.3, 0.4) is 0 Å². The van der Waals surface area contributed by atoms with Gasteiger partial charge < -0.3 is 9.64 Å². The Balaban J connectivity index is 1.86. The average molecular weight is 458 g/mol. The van der Waals surface area contributed by atoms with Crippen LogP contribution in [0.5, 0.6) is 5.75 Å². The van der Waals surface area contributed by atoms with Gasteiger partial charge in [0.05, 0.1) is 6.61 Å². The van der Waals surface area contributed by atoms with Gasteiger partial charge in [0.2, 0.25) is 0 Å². The molecule has 2 nitrogen and oxygen atoms in total. The Bertz CT molecular complexity index is 981. The Hall–Kier alpha value is -2.74. The first-order valence-corrected chi connectivity index (χ1v) is 13.1. The van der Waals surface area contributed by atoms with Crippen molar-refractivity contribution in [3.8, 4) is 5.75 Å². The Morgan fingerprint density at radius 3 is 1.74 bits per heavy atom. The number of anilines is 3. The van der Waals surface area contributed by atoms with E-state index in [-0.39, 0.29) is 5.41 Å². The molecule has 0 spiro atoms. The highest BCUT2D eigenvalue weighted by atomic mass is 16.5. The van der Waals surface area contributed by atoms with Gasteiger partial charge in [0.1, 0.15) is 5.75 Å². The molecule has 0 amide bonds. The standard InChI is InChI=1S/C32H43NO/c1-7-10-11-26(9-3)24-34-31-22-20-30(21-23-31)33(28-16-12-25(8-2)13-17-28)29-18-14-27(15-19-29)32(4,5)6/h12-23,26H,7-11,24H2,1-6H3. The summed E-state index contributed by atoms with van der Waals surface area (Å²) in [5.74, 6) is 1.58. The molecule has 3 aromatic carbocycles. The maximum Gasteiger partial charge on any atom is 0.119 e. The Morgan fingerprint density at radius 1 is 0.735 bits per heavy atom. The number of benzene rings is 3. The van der Waals surface area contributed by atoms with E-state index in [9.17, 15) is 0 Å². The number of rotatable bonds is 11. The van der Waals surface area contributed by atoms with Crippen LogP contribution in [0.2, 0.25) is 0 Å². The molecule has 0 saturated carbocycles. The number of hydrogen-bond donors (Lipinski definition) is 0. The summed E-state index contributed by atoms with van der Waals surface area (Å²) in [5, 5.41) is 0. The molecule has 1 unspecified atom stereocenters. The molecule has 0 aliphatic rings. The minimum Gasteiger partial charge on any atom is -0.493 e. The molecule has 0 N–H and O–H groups in total. The Labute approximate surface area is 208 Å². The van der Waals surface area contributed by atoms with Crippen molar-refractivity contribution < 1.29 is 4.74 Å². The quantitative estimate of drug-likeness (QED) is 0.284. The molecular formula is C32H43NO. The molecule has 0 heterocycles. The molecule has 0 radical (unpaired) electrons. The average Bonchev–Trinajstić information content (AvgIpc) is 2.85. The third kappa shape index (κ3) is 6.88. The van der Waals surface area contributed by atoms with E-state index in [0.29, 0.717) is 5.92 Å². The van der Waals surface area contributed by atoms with Crippen molar-refractivity contribution in [2.45, 2.75) is 79.1 Å². The molecule has 0 bridgehead atoms. The molecule has 3 aromatic rings. The van der Waals surface area contributed by atoms with Crippen LogP contribution in [-0.4, -0.2) is 6.61 Å². The second-order valence-electron chi connectivity index (χ2n) is 10.4. The van der Waals surface area contributed by atoms with E-state index < -0.39 is 0 Å². The third-order valence-corrected chi connectivity index (χ3v) is 6.72. The lowest BCUT2D eigenvalue weighted by Gasteiger charge is -2.27. The Morgan fingerprint density at radius 2 is 1.26 bits per heavy atom. The maximum atomic E-state index is 6.17. The number of aryl methyl sites for hydroxylation is 1. The van der Waals surface area contributed by atoms with Crippen LogP contribution in [0.15, 0.2) is 72.8 Å². The van der Waals surface area contributed by atoms with Gasteiger partial charge in [0.25, 0.3) is 0 Å². The van der Waals surface area contributed by atoms with Crippen molar-refractivity contribution >= 4 is 17.1 Å². The summed E-state index contributed by atoms with van der Waals surface area (Å²) in [6.07, 6.45) is 5.99. The second-order valence-corrected chi connectivity index (χ2v) is 10.4. The van der Waals surface area contributed by atoms with Crippen LogP contribution in [-0.2, 0) is 11.8 Å². The molecule has 0 aliphatic carbocycles. The normalized spacial score (nSPS) is 12.4. The SMILES string of the molecule is CCCCC(CC)COc1ccc(N(c2ccc(CC)cc2)c2ccc(C(C)(C)C)cc2)cc1. The fourth-order valence-electron chi connectivity index (χ4n) is 4.24. The van der Waals surface area contributed by atoms with Crippen molar-refractivity contribution in [2.75, 3.05) is 11.5 Å². The minimum absolute atomic E-state index is 0.137. The predicted molar refractivity (Wildman–Crippen MR) is 148 cm³/mol. The van der Waals surface area contributed by atoms with E-state index in [1.54, 1.807) is 0 Å². The summed E-state index contributed by atoms with van der Waals surface area (Å²) in [4.78, 5) is 2.33. The molecule has 0 aromatic heterocycles. The first kappa shape index (κ1) is 25.9. The van der Waals surface area contributed by atoms with Gasteiger partial charge in [-0.3, -0.25) is 0 Å². The number of ether oxygens (including phenoxy) is 1. The highest BCUT2D eigenvalue weighted by molar-refractivity contribution is 5.77. The predicted octanol–water partition coefficient (Wildman–Crippen LogP) is 9.61. The zero-order valence-electron chi connectivity index (χ0n) is 22.1. The molecule has 182 valence electrons. The van der Waals surface area contributed by atoms with Gasteiger partial charge in [0.15, 0.2) is 0 Å². The van der Waals surface area contributed by atoms with Crippen LogP contribution in [0.4, 0.5) is 17.1 Å². The lowest BCUT2D eigenvalue weighted by Crippen LogP contribution is -2.13. The number of hydrogen-bond acceptors (Lipinski definition) is 2. The molecule has 0 fully saturated rings. The lowest BCUT2D eigenvalue weighted by atomic mass is 9.87. The van der Waals surface area contributed by atoms with Gasteiger partial charge in [-0.1, -0.05) is 85.1 Å². The summed E-state index contributed by atoms with van der Waals surface area (Å²) in [5.41, 5.74) is 6.30. The number of nitrogens with zero attached hydrogens (tertiary/aromatic N) is 1. The molecule has 0 aliphatic heterocycles. The lowest BCUT2D eigenvalue weighted by molar-refractivity contribution is 0.233. The monoisotopic (exact) mass is 457 g/mol. The molecule has 3 rings (SSSR count). The molecule has 34 heavy (non-hydrogen) atoms. The second kappa shape index (κ2) is 12.1. The van der Waals surface area contributed by atoms with E-state index in [4.69, 9.17) is 4.74 Å². The van der Waals surface area contributed by atoms with Crippen LogP contribution >= 0.6 is 0 Å². The fourth-order valence-corrected chi connectivity index (χ4v) is 4.24. The van der Waals surface area contributed by atoms with E-state index in [1.807, 2.05) is 0 Å². The zero-order valence-corrected chi connectivity index (χ0v) is 22.1. The van der Waals surface area contributed by atoms with Gasteiger partial charge in [0, 0.05) is 17.1 Å². The van der Waals surface area contributed by atoms with Crippen molar-refractivity contribution in [3.63, 3.8) is 0 Å². The summed E-state index contributed by atoms with van der Waals surface area (Å²) in [6.45, 7) is 14.3. The van der Waals surface area contributed by atoms with Gasteiger partial charge in [-0.15, -0.1) is 0 Å². The van der Waals surface area contributed by atoms with E-state index in [2.05, 4.69) is 119 Å². The van der Waals surface area contributed by atoms with Crippen molar-refractivity contribution in [2.24, 2.45) is 5.92 Å². The van der Waals surface area contributed by atoms with Crippen LogP contribution in [0.25, 0.3) is 0 Å². The van der Waals surface area contributed by atoms with Gasteiger partial charge in [-0.05, 0) is 83.8 Å². The van der Waals surface area contributed by atoms with Crippen molar-refractivity contribution in [1.82, 2.24) is 0 Å². The van der Waals surface area contributed by atoms with Crippen LogP contribution in [0, 0.1) is 5.92 Å². The molecule has 2 heteroatoms. The van der Waals surface area contributed by atoms with Crippen molar-refractivity contribution in [1.29, 1.82) is 0 Å². The topological polar surface area (TPSA) is 12.5 Å². The number of unbranched alkanes of at least 4 members (excludes halogenated alkanes) is 1. The van der Waals surface area contributed by atoms with Crippen LogP contribution < -0.4 is 9.64 Å². The van der Waals surface area contributed by atoms with Gasteiger partial charge >= 0.3 is 0 Å². The first-order valence-electron chi connectivity index (χ1n) is 13.1. The van der Waals surface area contributed by atoms with E-state index in [0.717, 1.165) is 30.2 Å². The fraction of sp³-hybridized carbons (Fsp3) is 0.438.